The molecule has 2 unspecified atom stereocenters. The Bertz CT molecular complexity index is 264. The van der Waals surface area contributed by atoms with Crippen LogP contribution in [0.4, 0.5) is 0 Å². The highest BCUT2D eigenvalue weighted by atomic mass is 32.1. The minimum absolute atomic E-state index is 0.630. The van der Waals surface area contributed by atoms with Crippen LogP contribution in [0.1, 0.15) is 44.0 Å². The molecule has 2 rings (SSSR count). The van der Waals surface area contributed by atoms with Gasteiger partial charge >= 0.3 is 0 Å². The molecule has 0 amide bonds. The van der Waals surface area contributed by atoms with Crippen LogP contribution >= 0.6 is 11.3 Å². The smallest absolute Gasteiger partial charge is 0.0445 e. The number of hydrogen-bond acceptors (Lipinski definition) is 2. The summed E-state index contributed by atoms with van der Waals surface area (Å²) in [6.07, 6.45) is 4.03. The van der Waals surface area contributed by atoms with Crippen LogP contribution in [0.2, 0.25) is 0 Å². The van der Waals surface area contributed by atoms with E-state index in [-0.39, 0.29) is 0 Å². The second-order valence-corrected chi connectivity index (χ2v) is 5.29. The number of hydrogen-bond donors (Lipinski definition) is 1. The largest absolute Gasteiger partial charge is 0.307 e. The van der Waals surface area contributed by atoms with Gasteiger partial charge in [-0.2, -0.15) is 0 Å². The molecule has 0 spiro atoms. The Morgan fingerprint density at radius 3 is 2.86 bits per heavy atom. The topological polar surface area (TPSA) is 12.0 Å². The van der Waals surface area contributed by atoms with Crippen LogP contribution in [0, 0.1) is 5.92 Å². The summed E-state index contributed by atoms with van der Waals surface area (Å²) in [5.41, 5.74) is 0. The molecule has 2 atom stereocenters. The molecule has 1 aliphatic carbocycles. The molecule has 1 aliphatic rings. The molecule has 0 aromatic carbocycles. The predicted octanol–water partition coefficient (Wildman–Crippen LogP) is 3.59. The van der Waals surface area contributed by atoms with Crippen molar-refractivity contribution in [2.75, 3.05) is 0 Å². The van der Waals surface area contributed by atoms with E-state index in [0.29, 0.717) is 12.1 Å². The maximum atomic E-state index is 3.74. The Balaban J connectivity index is 2.01. The number of nitrogens with one attached hydrogen (secondary N) is 1. The maximum Gasteiger partial charge on any atom is 0.0445 e. The lowest BCUT2D eigenvalue weighted by Gasteiger charge is -2.21. The van der Waals surface area contributed by atoms with E-state index < -0.39 is 0 Å². The van der Waals surface area contributed by atoms with Gasteiger partial charge in [0.05, 0.1) is 0 Å². The van der Waals surface area contributed by atoms with Crippen molar-refractivity contribution >= 4 is 11.3 Å². The van der Waals surface area contributed by atoms with Crippen molar-refractivity contribution < 1.29 is 0 Å². The van der Waals surface area contributed by atoms with Crippen molar-refractivity contribution in [3.05, 3.63) is 22.4 Å². The average Bonchev–Trinajstić information content (AvgIpc) is 2.89. The Labute approximate surface area is 90.5 Å². The van der Waals surface area contributed by atoms with E-state index in [9.17, 15) is 0 Å². The van der Waals surface area contributed by atoms with Crippen molar-refractivity contribution in [1.82, 2.24) is 5.32 Å². The van der Waals surface area contributed by atoms with Gasteiger partial charge in [-0.15, -0.1) is 11.3 Å². The van der Waals surface area contributed by atoms with Gasteiger partial charge in [0.1, 0.15) is 0 Å². The normalized spacial score (nSPS) is 20.7. The van der Waals surface area contributed by atoms with Crippen LogP contribution in [0.25, 0.3) is 0 Å². The van der Waals surface area contributed by atoms with Crippen molar-refractivity contribution in [2.24, 2.45) is 5.92 Å². The molecule has 1 heterocycles. The van der Waals surface area contributed by atoms with Crippen LogP contribution in [0.15, 0.2) is 17.5 Å². The van der Waals surface area contributed by atoms with Gasteiger partial charge < -0.3 is 5.32 Å². The number of thiophene rings is 1. The molecule has 1 aromatic rings. The summed E-state index contributed by atoms with van der Waals surface area (Å²) in [7, 11) is 0. The van der Waals surface area contributed by atoms with Crippen molar-refractivity contribution in [1.29, 1.82) is 0 Å². The Morgan fingerprint density at radius 1 is 1.57 bits per heavy atom. The summed E-state index contributed by atoms with van der Waals surface area (Å²) in [6, 6.07) is 5.70. The summed E-state index contributed by atoms with van der Waals surface area (Å²) in [5.74, 6) is 0.905. The zero-order valence-corrected chi connectivity index (χ0v) is 9.81. The monoisotopic (exact) mass is 209 g/mol. The molecule has 1 aromatic heterocycles. The first-order valence-electron chi connectivity index (χ1n) is 5.60. The quantitative estimate of drug-likeness (QED) is 0.781. The Morgan fingerprint density at radius 2 is 2.36 bits per heavy atom. The molecule has 1 nitrogen and oxygen atoms in total. The summed E-state index contributed by atoms with van der Waals surface area (Å²) in [5, 5.41) is 5.92. The molecule has 1 saturated carbocycles. The highest BCUT2D eigenvalue weighted by Crippen LogP contribution is 2.42. The van der Waals surface area contributed by atoms with Crippen molar-refractivity contribution in [2.45, 2.75) is 45.2 Å². The van der Waals surface area contributed by atoms with E-state index in [1.165, 1.54) is 24.1 Å². The average molecular weight is 209 g/mol. The van der Waals surface area contributed by atoms with Crippen LogP contribution in [-0.2, 0) is 0 Å². The van der Waals surface area contributed by atoms with Gasteiger partial charge in [-0.05, 0) is 43.6 Å². The minimum Gasteiger partial charge on any atom is -0.307 e. The van der Waals surface area contributed by atoms with Gasteiger partial charge in [-0.3, -0.25) is 0 Å². The van der Waals surface area contributed by atoms with Gasteiger partial charge in [0.25, 0.3) is 0 Å². The molecule has 0 saturated heterocycles. The van der Waals surface area contributed by atoms with Gasteiger partial charge in [0.15, 0.2) is 0 Å². The van der Waals surface area contributed by atoms with Gasteiger partial charge in [0, 0.05) is 17.0 Å². The molecule has 0 radical (unpaired) electrons. The fourth-order valence-corrected chi connectivity index (χ4v) is 2.65. The Hall–Kier alpha value is -0.340. The fraction of sp³-hybridized carbons (Fsp3) is 0.667. The SMILES string of the molecule is CCC(C)NC(c1cccs1)C1CC1. The van der Waals surface area contributed by atoms with Gasteiger partial charge in [-0.25, -0.2) is 0 Å². The number of rotatable bonds is 5. The molecular weight excluding hydrogens is 190 g/mol. The molecule has 2 heteroatoms. The molecule has 14 heavy (non-hydrogen) atoms. The molecule has 0 bridgehead atoms. The van der Waals surface area contributed by atoms with Crippen LogP contribution in [0.5, 0.6) is 0 Å². The fourth-order valence-electron chi connectivity index (χ4n) is 1.77. The van der Waals surface area contributed by atoms with Crippen molar-refractivity contribution in [3.63, 3.8) is 0 Å². The summed E-state index contributed by atoms with van der Waals surface area (Å²) in [6.45, 7) is 4.53. The lowest BCUT2D eigenvalue weighted by atomic mass is 10.1. The molecule has 1 fully saturated rings. The van der Waals surface area contributed by atoms with Crippen LogP contribution in [0.3, 0.4) is 0 Å². The highest BCUT2D eigenvalue weighted by Gasteiger charge is 2.33. The zero-order chi connectivity index (χ0) is 9.97. The maximum absolute atomic E-state index is 3.74. The third kappa shape index (κ3) is 2.37. The predicted molar refractivity (Wildman–Crippen MR) is 62.7 cm³/mol. The lowest BCUT2D eigenvalue weighted by molar-refractivity contribution is 0.417. The summed E-state index contributed by atoms with van der Waals surface area (Å²) >= 11 is 1.89. The van der Waals surface area contributed by atoms with E-state index in [1.807, 2.05) is 11.3 Å². The minimum atomic E-state index is 0.630. The molecule has 78 valence electrons. The standard InChI is InChI=1S/C12H19NS/c1-3-9(2)13-12(10-6-7-10)11-5-4-8-14-11/h4-5,8-10,12-13H,3,6-7H2,1-2H3. The second kappa shape index (κ2) is 4.45. The highest BCUT2D eigenvalue weighted by molar-refractivity contribution is 7.10. The Kier molecular flexibility index (Phi) is 3.24. The van der Waals surface area contributed by atoms with Gasteiger partial charge in [0.2, 0.25) is 0 Å². The van der Waals surface area contributed by atoms with Crippen LogP contribution < -0.4 is 5.32 Å². The van der Waals surface area contributed by atoms with E-state index in [2.05, 4.69) is 36.7 Å². The summed E-state index contributed by atoms with van der Waals surface area (Å²) in [4.78, 5) is 1.52. The summed E-state index contributed by atoms with van der Waals surface area (Å²) < 4.78 is 0. The van der Waals surface area contributed by atoms with E-state index in [0.717, 1.165) is 5.92 Å². The first-order chi connectivity index (χ1) is 6.81. The third-order valence-electron chi connectivity index (χ3n) is 3.02. The zero-order valence-electron chi connectivity index (χ0n) is 8.99. The molecule has 0 aliphatic heterocycles. The van der Waals surface area contributed by atoms with Gasteiger partial charge in [-0.1, -0.05) is 13.0 Å². The first kappa shape index (κ1) is 10.2. The lowest BCUT2D eigenvalue weighted by Crippen LogP contribution is -2.30. The van der Waals surface area contributed by atoms with Crippen LogP contribution in [-0.4, -0.2) is 6.04 Å². The van der Waals surface area contributed by atoms with Crippen molar-refractivity contribution in [3.8, 4) is 0 Å². The third-order valence-corrected chi connectivity index (χ3v) is 3.97. The second-order valence-electron chi connectivity index (χ2n) is 4.31. The molecule has 1 N–H and O–H groups in total. The van der Waals surface area contributed by atoms with E-state index in [1.54, 1.807) is 0 Å². The first-order valence-corrected chi connectivity index (χ1v) is 6.48. The van der Waals surface area contributed by atoms with E-state index >= 15 is 0 Å². The van der Waals surface area contributed by atoms with E-state index in [4.69, 9.17) is 0 Å². The molecular formula is C12H19NS.